The highest BCUT2D eigenvalue weighted by Gasteiger charge is 2.21. The molecule has 0 radical (unpaired) electrons. The van der Waals surface area contributed by atoms with Gasteiger partial charge in [0, 0.05) is 0 Å². The summed E-state index contributed by atoms with van der Waals surface area (Å²) in [5.74, 6) is 0. The van der Waals surface area contributed by atoms with Gasteiger partial charge in [-0.25, -0.2) is 0 Å². The van der Waals surface area contributed by atoms with E-state index >= 15 is 0 Å². The molecule has 0 aromatic heterocycles. The molecule has 0 heterocycles. The molecule has 0 rings (SSSR count). The Labute approximate surface area is 71.4 Å². The van der Waals surface area contributed by atoms with Crippen molar-refractivity contribution < 1.29 is 0 Å². The molecule has 0 bridgehead atoms. The topological polar surface area (TPSA) is 52.0 Å². The molecule has 1 unspecified atom stereocenters. The zero-order chi connectivity index (χ0) is 8.91. The highest BCUT2D eigenvalue weighted by molar-refractivity contribution is 6.77. The van der Waals surface area contributed by atoms with Crippen LogP contribution in [0.15, 0.2) is 0 Å². The van der Waals surface area contributed by atoms with E-state index in [1.807, 2.05) is 0 Å². The van der Waals surface area contributed by atoms with E-state index in [4.69, 9.17) is 11.5 Å². The minimum absolute atomic E-state index is 0.453. The van der Waals surface area contributed by atoms with Gasteiger partial charge in [0.2, 0.25) is 0 Å². The Balaban J connectivity index is 3.44. The minimum atomic E-state index is -1.07. The van der Waals surface area contributed by atoms with Crippen molar-refractivity contribution in [3.63, 3.8) is 0 Å². The number of hydrogen-bond acceptors (Lipinski definition) is 2. The summed E-state index contributed by atoms with van der Waals surface area (Å²) >= 11 is 0. The molecule has 11 heavy (non-hydrogen) atoms. The number of nitrogens with two attached hydrogens (primary N) is 2. The Morgan fingerprint density at radius 3 is 2.09 bits per heavy atom. The number of rotatable bonds is 5. The Morgan fingerprint density at radius 1 is 1.18 bits per heavy atom. The Kier molecular flexibility index (Phi) is 4.96. The SMILES string of the molecule is C[Si](C)(C)C(N)CCCCN. The lowest BCUT2D eigenvalue weighted by atomic mass is 10.2. The molecule has 1 atom stereocenters. The molecule has 4 N–H and O–H groups in total. The molecule has 0 saturated heterocycles. The minimum Gasteiger partial charge on any atom is -0.330 e. The molecule has 0 spiro atoms. The number of unbranched alkanes of at least 4 members (excludes halogenated alkanes) is 1. The van der Waals surface area contributed by atoms with E-state index in [2.05, 4.69) is 19.6 Å². The van der Waals surface area contributed by atoms with Crippen LogP contribution >= 0.6 is 0 Å². The second kappa shape index (κ2) is 4.90. The van der Waals surface area contributed by atoms with Gasteiger partial charge in [-0.1, -0.05) is 26.1 Å². The fourth-order valence-corrected chi connectivity index (χ4v) is 2.01. The maximum Gasteiger partial charge on any atom is 0.0632 e. The third-order valence-corrected chi connectivity index (χ3v) is 4.60. The van der Waals surface area contributed by atoms with Gasteiger partial charge >= 0.3 is 0 Å². The van der Waals surface area contributed by atoms with E-state index in [0.717, 1.165) is 19.4 Å². The first kappa shape index (κ1) is 11.1. The molecule has 0 aromatic carbocycles. The third-order valence-electron chi connectivity index (χ3n) is 2.08. The van der Waals surface area contributed by atoms with Crippen molar-refractivity contribution in [2.45, 2.75) is 44.6 Å². The molecule has 2 nitrogen and oxygen atoms in total. The van der Waals surface area contributed by atoms with E-state index < -0.39 is 8.07 Å². The van der Waals surface area contributed by atoms with Gasteiger partial charge in [0.25, 0.3) is 0 Å². The quantitative estimate of drug-likeness (QED) is 0.488. The monoisotopic (exact) mass is 174 g/mol. The molecule has 0 fully saturated rings. The second-order valence-corrected chi connectivity index (χ2v) is 9.73. The zero-order valence-corrected chi connectivity index (χ0v) is 9.06. The summed E-state index contributed by atoms with van der Waals surface area (Å²) in [6, 6.07) is 0. The lowest BCUT2D eigenvalue weighted by molar-refractivity contribution is 0.654. The molecule has 0 aliphatic heterocycles. The van der Waals surface area contributed by atoms with Crippen molar-refractivity contribution in [2.75, 3.05) is 6.54 Å². The summed E-state index contributed by atoms with van der Waals surface area (Å²) in [6.07, 6.45) is 3.48. The van der Waals surface area contributed by atoms with Gasteiger partial charge in [0.15, 0.2) is 0 Å². The van der Waals surface area contributed by atoms with Crippen LogP contribution < -0.4 is 11.5 Å². The molecule has 0 aliphatic rings. The first-order chi connectivity index (χ1) is 4.98. The third kappa shape index (κ3) is 5.41. The van der Waals surface area contributed by atoms with Crippen LogP contribution in [0.4, 0.5) is 0 Å². The second-order valence-electron chi connectivity index (χ2n) is 4.26. The Morgan fingerprint density at radius 2 is 1.73 bits per heavy atom. The van der Waals surface area contributed by atoms with Crippen LogP contribution in [-0.4, -0.2) is 20.3 Å². The molecular formula is C8H22N2Si. The van der Waals surface area contributed by atoms with Crippen molar-refractivity contribution in [2.24, 2.45) is 11.5 Å². The fourth-order valence-electron chi connectivity index (χ4n) is 0.942. The van der Waals surface area contributed by atoms with Crippen molar-refractivity contribution in [1.29, 1.82) is 0 Å². The van der Waals surface area contributed by atoms with Crippen LogP contribution in [0.1, 0.15) is 19.3 Å². The first-order valence-corrected chi connectivity index (χ1v) is 8.02. The summed E-state index contributed by atoms with van der Waals surface area (Å²) in [7, 11) is -1.07. The molecule has 0 amide bonds. The summed E-state index contributed by atoms with van der Waals surface area (Å²) in [5, 5.41) is 0. The van der Waals surface area contributed by atoms with Gasteiger partial charge in [0.1, 0.15) is 0 Å². The highest BCUT2D eigenvalue weighted by Crippen LogP contribution is 2.10. The van der Waals surface area contributed by atoms with Gasteiger partial charge in [-0.2, -0.15) is 0 Å². The summed E-state index contributed by atoms with van der Waals surface area (Å²) in [4.78, 5) is 0. The van der Waals surface area contributed by atoms with Crippen molar-refractivity contribution in [1.82, 2.24) is 0 Å². The van der Waals surface area contributed by atoms with Crippen LogP contribution in [0.25, 0.3) is 0 Å². The van der Waals surface area contributed by atoms with Gasteiger partial charge in [0.05, 0.1) is 8.07 Å². The Bertz CT molecular complexity index is 98.8. The van der Waals surface area contributed by atoms with E-state index in [-0.39, 0.29) is 0 Å². The molecular weight excluding hydrogens is 152 g/mol. The maximum atomic E-state index is 6.01. The van der Waals surface area contributed by atoms with Crippen LogP contribution in [0.2, 0.25) is 19.6 Å². The average molecular weight is 174 g/mol. The molecule has 0 aliphatic carbocycles. The smallest absolute Gasteiger partial charge is 0.0632 e. The van der Waals surface area contributed by atoms with Crippen molar-refractivity contribution >= 4 is 8.07 Å². The molecule has 0 aromatic rings. The summed E-state index contributed by atoms with van der Waals surface area (Å²) in [5.41, 5.74) is 11.9. The molecule has 3 heteroatoms. The lowest BCUT2D eigenvalue weighted by Crippen LogP contribution is -2.45. The molecule has 0 saturated carbocycles. The van der Waals surface area contributed by atoms with Crippen LogP contribution in [0, 0.1) is 0 Å². The van der Waals surface area contributed by atoms with Gasteiger partial charge in [-0.15, -0.1) is 0 Å². The predicted molar refractivity (Wildman–Crippen MR) is 54.2 cm³/mol. The first-order valence-electron chi connectivity index (χ1n) is 4.44. The largest absolute Gasteiger partial charge is 0.330 e. The van der Waals surface area contributed by atoms with Gasteiger partial charge in [-0.3, -0.25) is 0 Å². The lowest BCUT2D eigenvalue weighted by Gasteiger charge is -2.24. The maximum absolute atomic E-state index is 6.01. The molecule has 68 valence electrons. The van der Waals surface area contributed by atoms with Crippen LogP contribution in [0.3, 0.4) is 0 Å². The zero-order valence-electron chi connectivity index (χ0n) is 8.06. The van der Waals surface area contributed by atoms with Gasteiger partial charge < -0.3 is 11.5 Å². The predicted octanol–water partition coefficient (Wildman–Crippen LogP) is 1.32. The van der Waals surface area contributed by atoms with E-state index in [1.165, 1.54) is 6.42 Å². The summed E-state index contributed by atoms with van der Waals surface area (Å²) in [6.45, 7) is 7.76. The van der Waals surface area contributed by atoms with Crippen molar-refractivity contribution in [3.05, 3.63) is 0 Å². The summed E-state index contributed by atoms with van der Waals surface area (Å²) < 4.78 is 0. The van der Waals surface area contributed by atoms with E-state index in [9.17, 15) is 0 Å². The van der Waals surface area contributed by atoms with Crippen LogP contribution in [0.5, 0.6) is 0 Å². The average Bonchev–Trinajstić information content (AvgIpc) is 1.86. The van der Waals surface area contributed by atoms with Crippen molar-refractivity contribution in [3.8, 4) is 0 Å². The fraction of sp³-hybridized carbons (Fsp3) is 1.00. The normalized spacial score (nSPS) is 15.0. The Hall–Kier alpha value is 0.137. The van der Waals surface area contributed by atoms with E-state index in [0.29, 0.717) is 5.67 Å². The number of hydrogen-bond donors (Lipinski definition) is 2. The van der Waals surface area contributed by atoms with Crippen LogP contribution in [-0.2, 0) is 0 Å². The highest BCUT2D eigenvalue weighted by atomic mass is 28.3. The van der Waals surface area contributed by atoms with E-state index in [1.54, 1.807) is 0 Å². The standard InChI is InChI=1S/C8H22N2Si/c1-11(2,3)8(10)6-4-5-7-9/h8H,4-7,9-10H2,1-3H3. The van der Waals surface area contributed by atoms with Gasteiger partial charge in [-0.05, 0) is 25.1 Å².